The van der Waals surface area contributed by atoms with Crippen LogP contribution in [0.3, 0.4) is 0 Å². The lowest BCUT2D eigenvalue weighted by Gasteiger charge is -2.38. The fraction of sp³-hybridized carbons (Fsp3) is 0.423. The van der Waals surface area contributed by atoms with Gasteiger partial charge in [-0.15, -0.1) is 0 Å². The van der Waals surface area contributed by atoms with Gasteiger partial charge in [0.25, 0.3) is 0 Å². The van der Waals surface area contributed by atoms with Gasteiger partial charge in [-0.05, 0) is 61.7 Å². The normalized spacial score (nSPS) is 15.0. The summed E-state index contributed by atoms with van der Waals surface area (Å²) in [5, 5.41) is 7.16. The smallest absolute Gasteiger partial charge is 0.227 e. The molecule has 1 amide bonds. The Labute approximate surface area is 199 Å². The van der Waals surface area contributed by atoms with Crippen LogP contribution in [0.5, 0.6) is 11.5 Å². The lowest BCUT2D eigenvalue weighted by Crippen LogP contribution is -2.44. The third-order valence-corrected chi connectivity index (χ3v) is 6.23. The molecular formula is C26H31N3O5. The molecule has 1 N–H and O–H groups in total. The summed E-state index contributed by atoms with van der Waals surface area (Å²) < 4.78 is 21.7. The largest absolute Gasteiger partial charge is 0.497 e. The number of nitrogens with one attached hydrogen (secondary N) is 1. The average Bonchev–Trinajstić information content (AvgIpc) is 3.37. The van der Waals surface area contributed by atoms with Crippen molar-refractivity contribution in [2.24, 2.45) is 0 Å². The van der Waals surface area contributed by atoms with Crippen LogP contribution < -0.4 is 14.8 Å². The van der Waals surface area contributed by atoms with Gasteiger partial charge in [0.15, 0.2) is 0 Å². The fourth-order valence-corrected chi connectivity index (χ4v) is 4.19. The van der Waals surface area contributed by atoms with E-state index in [1.807, 2.05) is 43.3 Å². The van der Waals surface area contributed by atoms with E-state index in [-0.39, 0.29) is 17.7 Å². The van der Waals surface area contributed by atoms with Gasteiger partial charge in [-0.2, -0.15) is 4.98 Å². The summed E-state index contributed by atoms with van der Waals surface area (Å²) in [5.74, 6) is 2.51. The van der Waals surface area contributed by atoms with Gasteiger partial charge >= 0.3 is 0 Å². The second-order valence-electron chi connectivity index (χ2n) is 8.37. The Bertz CT molecular complexity index is 1060. The fourth-order valence-electron chi connectivity index (χ4n) is 4.19. The summed E-state index contributed by atoms with van der Waals surface area (Å²) in [7, 11) is 1.66. The van der Waals surface area contributed by atoms with Crippen molar-refractivity contribution in [2.75, 3.05) is 33.5 Å². The van der Waals surface area contributed by atoms with Crippen molar-refractivity contribution in [2.45, 2.75) is 38.0 Å². The Kier molecular flexibility index (Phi) is 7.80. The van der Waals surface area contributed by atoms with Crippen LogP contribution in [0.4, 0.5) is 0 Å². The SMILES string of the molecule is CCOc1ccc(-c2noc(CCC(=O)NCC3(c4ccc(OC)cc4)CCOCC3)n2)cc1. The number of methoxy groups -OCH3 is 1. The van der Waals surface area contributed by atoms with Crippen LogP contribution in [0.2, 0.25) is 0 Å². The standard InChI is InChI=1S/C26H31N3O5/c1-3-33-22-8-4-19(5-9-22)25-28-24(34-29-25)13-12-23(30)27-18-26(14-16-32-17-15-26)20-6-10-21(31-2)11-7-20/h4-11H,3,12-18H2,1-2H3,(H,27,30). The number of hydrogen-bond donors (Lipinski definition) is 1. The molecule has 0 saturated carbocycles. The predicted octanol–water partition coefficient (Wildman–Crippen LogP) is 3.94. The molecule has 0 atom stereocenters. The second kappa shape index (κ2) is 11.2. The van der Waals surface area contributed by atoms with Crippen molar-refractivity contribution in [3.05, 3.63) is 60.0 Å². The number of benzene rings is 2. The molecule has 1 aliphatic rings. The molecule has 8 nitrogen and oxygen atoms in total. The van der Waals surface area contributed by atoms with E-state index in [2.05, 4.69) is 27.6 Å². The summed E-state index contributed by atoms with van der Waals surface area (Å²) in [6, 6.07) is 15.6. The Morgan fingerprint density at radius 3 is 2.44 bits per heavy atom. The van der Waals surface area contributed by atoms with Gasteiger partial charge in [0, 0.05) is 43.6 Å². The molecule has 0 aliphatic carbocycles. The number of amides is 1. The first-order valence-corrected chi connectivity index (χ1v) is 11.7. The zero-order chi connectivity index (χ0) is 23.8. The van der Waals surface area contributed by atoms with Crippen LogP contribution in [-0.2, 0) is 21.4 Å². The highest BCUT2D eigenvalue weighted by Gasteiger charge is 2.34. The topological polar surface area (TPSA) is 95.7 Å². The van der Waals surface area contributed by atoms with E-state index < -0.39 is 0 Å². The molecule has 4 rings (SSSR count). The second-order valence-corrected chi connectivity index (χ2v) is 8.37. The summed E-state index contributed by atoms with van der Waals surface area (Å²) in [6.45, 7) is 4.47. The molecule has 3 aromatic rings. The van der Waals surface area contributed by atoms with Crippen LogP contribution in [0.15, 0.2) is 53.1 Å². The molecule has 1 fully saturated rings. The van der Waals surface area contributed by atoms with Gasteiger partial charge in [-0.25, -0.2) is 0 Å². The van der Waals surface area contributed by atoms with Gasteiger partial charge in [0.2, 0.25) is 17.6 Å². The van der Waals surface area contributed by atoms with E-state index >= 15 is 0 Å². The number of carbonyl (C=O) groups is 1. The van der Waals surface area contributed by atoms with E-state index in [1.54, 1.807) is 7.11 Å². The summed E-state index contributed by atoms with van der Waals surface area (Å²) in [5.41, 5.74) is 1.88. The number of hydrogen-bond acceptors (Lipinski definition) is 7. The maximum atomic E-state index is 12.6. The summed E-state index contributed by atoms with van der Waals surface area (Å²) >= 11 is 0. The number of ether oxygens (including phenoxy) is 3. The first kappa shape index (κ1) is 23.8. The van der Waals surface area contributed by atoms with Gasteiger partial charge in [-0.1, -0.05) is 17.3 Å². The lowest BCUT2D eigenvalue weighted by atomic mass is 9.74. The molecule has 34 heavy (non-hydrogen) atoms. The van der Waals surface area contributed by atoms with E-state index in [1.165, 1.54) is 5.56 Å². The number of nitrogens with zero attached hydrogens (tertiary/aromatic N) is 2. The zero-order valence-electron chi connectivity index (χ0n) is 19.7. The minimum atomic E-state index is -0.147. The Balaban J connectivity index is 1.32. The maximum absolute atomic E-state index is 12.6. The van der Waals surface area contributed by atoms with E-state index in [0.29, 0.717) is 44.5 Å². The van der Waals surface area contributed by atoms with E-state index in [9.17, 15) is 4.79 Å². The van der Waals surface area contributed by atoms with Gasteiger partial charge in [-0.3, -0.25) is 4.79 Å². The van der Waals surface area contributed by atoms with Crippen LogP contribution in [0, 0.1) is 0 Å². The van der Waals surface area contributed by atoms with Crippen molar-refractivity contribution < 1.29 is 23.5 Å². The van der Waals surface area contributed by atoms with Gasteiger partial charge in [0.1, 0.15) is 11.5 Å². The van der Waals surface area contributed by atoms with Crippen molar-refractivity contribution in [3.63, 3.8) is 0 Å². The first-order valence-electron chi connectivity index (χ1n) is 11.7. The predicted molar refractivity (Wildman–Crippen MR) is 127 cm³/mol. The number of aryl methyl sites for hydroxylation is 1. The molecule has 0 unspecified atom stereocenters. The molecule has 180 valence electrons. The summed E-state index contributed by atoms with van der Waals surface area (Å²) in [6.07, 6.45) is 2.37. The third kappa shape index (κ3) is 5.75. The number of rotatable bonds is 10. The highest BCUT2D eigenvalue weighted by molar-refractivity contribution is 5.76. The highest BCUT2D eigenvalue weighted by Crippen LogP contribution is 2.35. The summed E-state index contributed by atoms with van der Waals surface area (Å²) in [4.78, 5) is 17.1. The molecule has 2 heterocycles. The molecule has 8 heteroatoms. The highest BCUT2D eigenvalue weighted by atomic mass is 16.5. The quantitative estimate of drug-likeness (QED) is 0.484. The molecule has 0 bridgehead atoms. The Hall–Kier alpha value is -3.39. The lowest BCUT2D eigenvalue weighted by molar-refractivity contribution is -0.121. The van der Waals surface area contributed by atoms with E-state index in [0.717, 1.165) is 29.9 Å². The van der Waals surface area contributed by atoms with Crippen LogP contribution in [0.25, 0.3) is 11.4 Å². The van der Waals surface area contributed by atoms with Crippen molar-refractivity contribution >= 4 is 5.91 Å². The van der Waals surface area contributed by atoms with Crippen molar-refractivity contribution in [3.8, 4) is 22.9 Å². The van der Waals surface area contributed by atoms with Gasteiger partial charge in [0.05, 0.1) is 13.7 Å². The van der Waals surface area contributed by atoms with Crippen molar-refractivity contribution in [1.82, 2.24) is 15.5 Å². The molecule has 1 aliphatic heterocycles. The minimum absolute atomic E-state index is 0.0415. The number of carbonyl (C=O) groups excluding carboxylic acids is 1. The van der Waals surface area contributed by atoms with Crippen LogP contribution in [0.1, 0.15) is 37.6 Å². The zero-order valence-corrected chi connectivity index (χ0v) is 19.7. The van der Waals surface area contributed by atoms with Crippen LogP contribution in [-0.4, -0.2) is 49.5 Å². The Morgan fingerprint density at radius 1 is 1.06 bits per heavy atom. The minimum Gasteiger partial charge on any atom is -0.497 e. The maximum Gasteiger partial charge on any atom is 0.227 e. The van der Waals surface area contributed by atoms with Gasteiger partial charge < -0.3 is 24.1 Å². The van der Waals surface area contributed by atoms with Crippen molar-refractivity contribution in [1.29, 1.82) is 0 Å². The molecule has 1 saturated heterocycles. The first-order chi connectivity index (χ1) is 16.6. The number of aromatic nitrogens is 2. The molecule has 0 spiro atoms. The molecule has 0 radical (unpaired) electrons. The molecular weight excluding hydrogens is 434 g/mol. The van der Waals surface area contributed by atoms with Crippen LogP contribution >= 0.6 is 0 Å². The monoisotopic (exact) mass is 465 g/mol. The third-order valence-electron chi connectivity index (χ3n) is 6.23. The molecule has 2 aromatic carbocycles. The van der Waals surface area contributed by atoms with E-state index in [4.69, 9.17) is 18.7 Å². The average molecular weight is 466 g/mol. The molecule has 1 aromatic heterocycles. The Morgan fingerprint density at radius 2 is 1.76 bits per heavy atom.